The average Bonchev–Trinajstić information content (AvgIpc) is 1.97. The molecule has 0 saturated heterocycles. The molecule has 62 valence electrons. The zero-order valence-corrected chi connectivity index (χ0v) is 6.72. The van der Waals surface area contributed by atoms with Crippen LogP contribution in [0.25, 0.3) is 0 Å². The fourth-order valence-corrected chi connectivity index (χ4v) is 0.601. The Labute approximate surface area is 65.9 Å². The molecule has 0 aliphatic carbocycles. The molecular formula is C9H12F2. The second kappa shape index (κ2) is 5.83. The summed E-state index contributed by atoms with van der Waals surface area (Å²) in [5.74, 6) is 0. The maximum atomic E-state index is 12.1. The first-order valence-corrected chi connectivity index (χ1v) is 3.46. The molecule has 0 saturated carbocycles. The molecule has 0 amide bonds. The van der Waals surface area contributed by atoms with Crippen molar-refractivity contribution >= 4 is 0 Å². The van der Waals surface area contributed by atoms with E-state index in [1.807, 2.05) is 0 Å². The Morgan fingerprint density at radius 3 is 2.18 bits per heavy atom. The van der Waals surface area contributed by atoms with Crippen LogP contribution in [0.1, 0.15) is 13.8 Å². The van der Waals surface area contributed by atoms with Gasteiger partial charge in [-0.2, -0.15) is 0 Å². The van der Waals surface area contributed by atoms with Gasteiger partial charge in [0.1, 0.15) is 0 Å². The summed E-state index contributed by atoms with van der Waals surface area (Å²) in [7, 11) is 0. The number of rotatable bonds is 3. The number of hydrogen-bond donors (Lipinski definition) is 0. The molecule has 0 rings (SSSR count). The van der Waals surface area contributed by atoms with Crippen molar-refractivity contribution in [1.29, 1.82) is 0 Å². The van der Waals surface area contributed by atoms with Crippen molar-refractivity contribution in [2.75, 3.05) is 0 Å². The van der Waals surface area contributed by atoms with Crippen LogP contribution in [-0.2, 0) is 0 Å². The second-order valence-corrected chi connectivity index (χ2v) is 1.99. The minimum atomic E-state index is -2.39. The van der Waals surface area contributed by atoms with E-state index in [9.17, 15) is 8.78 Å². The first-order chi connectivity index (χ1) is 5.22. The van der Waals surface area contributed by atoms with Crippen molar-refractivity contribution in [3.8, 4) is 0 Å². The van der Waals surface area contributed by atoms with Crippen molar-refractivity contribution in [2.24, 2.45) is 0 Å². The van der Waals surface area contributed by atoms with E-state index in [2.05, 4.69) is 0 Å². The molecule has 0 aromatic heterocycles. The molecule has 0 spiro atoms. The zero-order chi connectivity index (χ0) is 8.69. The molecule has 11 heavy (non-hydrogen) atoms. The Morgan fingerprint density at radius 1 is 1.18 bits per heavy atom. The largest absolute Gasteiger partial charge is 0.263 e. The highest BCUT2D eigenvalue weighted by atomic mass is 19.3. The van der Waals surface area contributed by atoms with Crippen LogP contribution >= 0.6 is 0 Å². The van der Waals surface area contributed by atoms with Gasteiger partial charge in [-0.15, -0.1) is 0 Å². The summed E-state index contributed by atoms with van der Waals surface area (Å²) < 4.78 is 24.1. The topological polar surface area (TPSA) is 0 Å². The molecule has 0 aromatic carbocycles. The normalized spacial score (nSPS) is 14.1. The van der Waals surface area contributed by atoms with E-state index < -0.39 is 6.43 Å². The van der Waals surface area contributed by atoms with Crippen LogP contribution < -0.4 is 0 Å². The maximum Gasteiger partial charge on any atom is 0.263 e. The third-order valence-electron chi connectivity index (χ3n) is 1.09. The van der Waals surface area contributed by atoms with E-state index in [1.165, 1.54) is 12.2 Å². The standard InChI is InChI=1S/C9H12F2/c1-3-5-7-8(6-4-2)9(10)11/h3-7,9H,1-2H3/b5-3-,6-4-,8-7+. The van der Waals surface area contributed by atoms with Gasteiger partial charge in [-0.3, -0.25) is 0 Å². The van der Waals surface area contributed by atoms with Crippen LogP contribution in [0.5, 0.6) is 0 Å². The van der Waals surface area contributed by atoms with Crippen molar-refractivity contribution < 1.29 is 8.78 Å². The maximum absolute atomic E-state index is 12.1. The molecule has 0 aliphatic rings. The number of halogens is 2. The van der Waals surface area contributed by atoms with E-state index in [0.29, 0.717) is 0 Å². The first-order valence-electron chi connectivity index (χ1n) is 3.46. The van der Waals surface area contributed by atoms with Crippen molar-refractivity contribution in [3.63, 3.8) is 0 Å². The Kier molecular flexibility index (Phi) is 5.35. The molecule has 0 aliphatic heterocycles. The number of alkyl halides is 2. The van der Waals surface area contributed by atoms with Gasteiger partial charge in [0.2, 0.25) is 0 Å². The summed E-state index contributed by atoms with van der Waals surface area (Å²) in [6.45, 7) is 3.50. The smallest absolute Gasteiger partial charge is 0.205 e. The highest BCUT2D eigenvalue weighted by molar-refractivity contribution is 5.25. The van der Waals surface area contributed by atoms with Gasteiger partial charge in [-0.1, -0.05) is 30.4 Å². The van der Waals surface area contributed by atoms with Gasteiger partial charge in [0.05, 0.1) is 0 Å². The molecule has 0 unspecified atom stereocenters. The average molecular weight is 158 g/mol. The molecule has 0 radical (unpaired) electrons. The molecule has 0 heterocycles. The van der Waals surface area contributed by atoms with E-state index >= 15 is 0 Å². The Bertz CT molecular complexity index is 176. The third kappa shape index (κ3) is 4.48. The Morgan fingerprint density at radius 2 is 1.82 bits per heavy atom. The minimum Gasteiger partial charge on any atom is -0.205 e. The van der Waals surface area contributed by atoms with Crippen LogP contribution in [-0.4, -0.2) is 6.43 Å². The lowest BCUT2D eigenvalue weighted by atomic mass is 10.2. The van der Waals surface area contributed by atoms with Crippen LogP contribution in [0, 0.1) is 0 Å². The summed E-state index contributed by atoms with van der Waals surface area (Å²) >= 11 is 0. The van der Waals surface area contributed by atoms with Gasteiger partial charge in [-0.05, 0) is 13.8 Å². The molecule has 0 fully saturated rings. The summed E-state index contributed by atoms with van der Waals surface area (Å²) in [5, 5.41) is 0. The lowest BCUT2D eigenvalue weighted by molar-refractivity contribution is 0.194. The fourth-order valence-electron chi connectivity index (χ4n) is 0.601. The SMILES string of the molecule is C\C=C/C=C(\C=C/C)C(F)F. The predicted molar refractivity (Wildman–Crippen MR) is 43.7 cm³/mol. The van der Waals surface area contributed by atoms with Crippen LogP contribution in [0.2, 0.25) is 0 Å². The van der Waals surface area contributed by atoms with Crippen LogP contribution in [0.4, 0.5) is 8.78 Å². The van der Waals surface area contributed by atoms with Crippen molar-refractivity contribution in [3.05, 3.63) is 36.0 Å². The predicted octanol–water partition coefficient (Wildman–Crippen LogP) is 3.33. The van der Waals surface area contributed by atoms with Crippen molar-refractivity contribution in [2.45, 2.75) is 20.3 Å². The van der Waals surface area contributed by atoms with Crippen molar-refractivity contribution in [1.82, 2.24) is 0 Å². The van der Waals surface area contributed by atoms with E-state index in [4.69, 9.17) is 0 Å². The van der Waals surface area contributed by atoms with Crippen LogP contribution in [0.3, 0.4) is 0 Å². The van der Waals surface area contributed by atoms with Crippen LogP contribution in [0.15, 0.2) is 36.0 Å². The number of hydrogen-bond acceptors (Lipinski definition) is 0. The molecule has 0 nitrogen and oxygen atoms in total. The van der Waals surface area contributed by atoms with E-state index in [1.54, 1.807) is 32.1 Å². The molecule has 0 aromatic rings. The van der Waals surface area contributed by atoms with Gasteiger partial charge < -0.3 is 0 Å². The number of allylic oxidation sites excluding steroid dienone is 6. The summed E-state index contributed by atoms with van der Waals surface area (Å²) in [6, 6.07) is 0. The minimum absolute atomic E-state index is 0.0469. The zero-order valence-electron chi connectivity index (χ0n) is 6.72. The Hall–Kier alpha value is -0.920. The molecule has 2 heteroatoms. The molecule has 0 N–H and O–H groups in total. The van der Waals surface area contributed by atoms with Gasteiger partial charge in [-0.25, -0.2) is 8.78 Å². The third-order valence-corrected chi connectivity index (χ3v) is 1.09. The Balaban J connectivity index is 4.32. The fraction of sp³-hybridized carbons (Fsp3) is 0.333. The van der Waals surface area contributed by atoms with Gasteiger partial charge in [0.15, 0.2) is 0 Å². The summed E-state index contributed by atoms with van der Waals surface area (Å²) in [5.41, 5.74) is 0.0469. The lowest BCUT2D eigenvalue weighted by Crippen LogP contribution is -1.92. The summed E-state index contributed by atoms with van der Waals surface area (Å²) in [6.07, 6.45) is 5.34. The van der Waals surface area contributed by atoms with Gasteiger partial charge in [0.25, 0.3) is 6.43 Å². The van der Waals surface area contributed by atoms with Gasteiger partial charge >= 0.3 is 0 Å². The molecule has 0 atom stereocenters. The quantitative estimate of drug-likeness (QED) is 0.552. The lowest BCUT2D eigenvalue weighted by Gasteiger charge is -1.96. The monoisotopic (exact) mass is 158 g/mol. The first kappa shape index (κ1) is 10.1. The molecule has 0 bridgehead atoms. The van der Waals surface area contributed by atoms with E-state index in [0.717, 1.165) is 0 Å². The van der Waals surface area contributed by atoms with Gasteiger partial charge in [0, 0.05) is 5.57 Å². The molecular weight excluding hydrogens is 146 g/mol. The second-order valence-electron chi connectivity index (χ2n) is 1.99. The van der Waals surface area contributed by atoms with E-state index in [-0.39, 0.29) is 5.57 Å². The highest BCUT2D eigenvalue weighted by Gasteiger charge is 2.04. The summed E-state index contributed by atoms with van der Waals surface area (Å²) in [4.78, 5) is 0. The highest BCUT2D eigenvalue weighted by Crippen LogP contribution is 2.09.